The first-order chi connectivity index (χ1) is 11.0. The molecular weight excluding hydrogens is 292 g/mol. The Morgan fingerprint density at radius 3 is 2.74 bits per heavy atom. The summed E-state index contributed by atoms with van der Waals surface area (Å²) in [4.78, 5) is 29.9. The molecule has 2 amide bonds. The molecule has 0 bridgehead atoms. The summed E-state index contributed by atoms with van der Waals surface area (Å²) in [5.41, 5.74) is 1.74. The summed E-state index contributed by atoms with van der Waals surface area (Å²) < 4.78 is 1.88. The number of carbonyl (C=O) groups is 2. The Balaban J connectivity index is 2.24. The fourth-order valence-corrected chi connectivity index (χ4v) is 2.42. The van der Waals surface area contributed by atoms with E-state index in [-0.39, 0.29) is 18.4 Å². The van der Waals surface area contributed by atoms with Crippen molar-refractivity contribution in [3.05, 3.63) is 30.1 Å². The Hall–Kier alpha value is -2.37. The van der Waals surface area contributed by atoms with Gasteiger partial charge in [0.1, 0.15) is 12.4 Å². The number of fused-ring (bicyclic) bond motifs is 1. The van der Waals surface area contributed by atoms with Crippen LogP contribution in [0.2, 0.25) is 0 Å². The molecule has 1 heterocycles. The second-order valence-corrected chi connectivity index (χ2v) is 5.68. The Morgan fingerprint density at radius 1 is 1.30 bits per heavy atom. The standard InChI is InChI=1S/C17H24N4O2/c1-4-5-10-20(3)17(23)12-21-15-9-7-6-8-14(15)19-16(21)11-18-13(2)22/h6-9H,4-5,10-12H2,1-3H3,(H,18,22). The van der Waals surface area contributed by atoms with Gasteiger partial charge in [-0.3, -0.25) is 9.59 Å². The van der Waals surface area contributed by atoms with Crippen LogP contribution in [0.5, 0.6) is 0 Å². The zero-order chi connectivity index (χ0) is 16.8. The second kappa shape index (κ2) is 7.76. The molecule has 0 saturated heterocycles. The van der Waals surface area contributed by atoms with Gasteiger partial charge in [0.15, 0.2) is 0 Å². The Morgan fingerprint density at radius 2 is 2.04 bits per heavy atom. The van der Waals surface area contributed by atoms with Crippen LogP contribution in [0.1, 0.15) is 32.5 Å². The third-order valence-electron chi connectivity index (χ3n) is 3.80. The summed E-state index contributed by atoms with van der Waals surface area (Å²) in [6.07, 6.45) is 2.05. The highest BCUT2D eigenvalue weighted by molar-refractivity contribution is 5.81. The van der Waals surface area contributed by atoms with E-state index in [1.165, 1.54) is 6.92 Å². The first-order valence-corrected chi connectivity index (χ1v) is 7.95. The maximum absolute atomic E-state index is 12.4. The average molecular weight is 316 g/mol. The summed E-state index contributed by atoms with van der Waals surface area (Å²) in [5, 5.41) is 2.75. The number of likely N-dealkylation sites (N-methyl/N-ethyl adjacent to an activating group) is 1. The molecule has 0 spiro atoms. The quantitative estimate of drug-likeness (QED) is 0.849. The number of amides is 2. The fourth-order valence-electron chi connectivity index (χ4n) is 2.42. The van der Waals surface area contributed by atoms with Gasteiger partial charge in [-0.05, 0) is 18.6 Å². The molecule has 0 aliphatic carbocycles. The minimum Gasteiger partial charge on any atom is -0.349 e. The number of nitrogens with one attached hydrogen (secondary N) is 1. The van der Waals surface area contributed by atoms with Gasteiger partial charge in [0.25, 0.3) is 0 Å². The number of nitrogens with zero attached hydrogens (tertiary/aromatic N) is 3. The van der Waals surface area contributed by atoms with Crippen LogP contribution < -0.4 is 5.32 Å². The van der Waals surface area contributed by atoms with Crippen molar-refractivity contribution in [3.63, 3.8) is 0 Å². The summed E-state index contributed by atoms with van der Waals surface area (Å²) >= 11 is 0. The van der Waals surface area contributed by atoms with Crippen molar-refractivity contribution in [2.75, 3.05) is 13.6 Å². The van der Waals surface area contributed by atoms with Gasteiger partial charge in [0, 0.05) is 20.5 Å². The molecule has 124 valence electrons. The van der Waals surface area contributed by atoms with Crippen LogP contribution in [0.3, 0.4) is 0 Å². The van der Waals surface area contributed by atoms with Crippen LogP contribution in [0.25, 0.3) is 11.0 Å². The highest BCUT2D eigenvalue weighted by Crippen LogP contribution is 2.16. The monoisotopic (exact) mass is 316 g/mol. The van der Waals surface area contributed by atoms with E-state index in [2.05, 4.69) is 17.2 Å². The van der Waals surface area contributed by atoms with E-state index >= 15 is 0 Å². The number of para-hydroxylation sites is 2. The van der Waals surface area contributed by atoms with E-state index in [4.69, 9.17) is 0 Å². The van der Waals surface area contributed by atoms with Gasteiger partial charge in [-0.1, -0.05) is 25.5 Å². The van der Waals surface area contributed by atoms with Gasteiger partial charge in [-0.25, -0.2) is 4.98 Å². The first kappa shape index (κ1) is 17.0. The lowest BCUT2D eigenvalue weighted by atomic mass is 10.3. The lowest BCUT2D eigenvalue weighted by Crippen LogP contribution is -2.32. The van der Waals surface area contributed by atoms with E-state index in [0.717, 1.165) is 30.4 Å². The molecule has 0 aliphatic rings. The van der Waals surface area contributed by atoms with Crippen LogP contribution in [-0.2, 0) is 22.7 Å². The minimum absolute atomic E-state index is 0.0469. The Kier molecular flexibility index (Phi) is 5.73. The Labute approximate surface area is 136 Å². The van der Waals surface area contributed by atoms with Crippen molar-refractivity contribution in [2.24, 2.45) is 0 Å². The maximum atomic E-state index is 12.4. The predicted molar refractivity (Wildman–Crippen MR) is 89.8 cm³/mol. The summed E-state index contributed by atoms with van der Waals surface area (Å²) in [6, 6.07) is 7.69. The molecule has 0 radical (unpaired) electrons. The number of benzene rings is 1. The first-order valence-electron chi connectivity index (χ1n) is 7.95. The average Bonchev–Trinajstić information content (AvgIpc) is 2.88. The smallest absolute Gasteiger partial charge is 0.242 e. The van der Waals surface area contributed by atoms with E-state index in [9.17, 15) is 9.59 Å². The van der Waals surface area contributed by atoms with Gasteiger partial charge >= 0.3 is 0 Å². The molecule has 1 aromatic carbocycles. The van der Waals surface area contributed by atoms with E-state index in [0.29, 0.717) is 12.4 Å². The van der Waals surface area contributed by atoms with Crippen molar-refractivity contribution < 1.29 is 9.59 Å². The van der Waals surface area contributed by atoms with E-state index in [1.54, 1.807) is 4.90 Å². The number of hydrogen-bond acceptors (Lipinski definition) is 3. The van der Waals surface area contributed by atoms with Gasteiger partial charge in [0.2, 0.25) is 11.8 Å². The highest BCUT2D eigenvalue weighted by atomic mass is 16.2. The van der Waals surface area contributed by atoms with Crippen LogP contribution in [0.4, 0.5) is 0 Å². The van der Waals surface area contributed by atoms with Crippen LogP contribution >= 0.6 is 0 Å². The zero-order valence-corrected chi connectivity index (χ0v) is 14.0. The number of aromatic nitrogens is 2. The molecule has 6 nitrogen and oxygen atoms in total. The molecule has 1 aromatic heterocycles. The molecule has 0 fully saturated rings. The van der Waals surface area contributed by atoms with Gasteiger partial charge in [-0.2, -0.15) is 0 Å². The molecule has 23 heavy (non-hydrogen) atoms. The van der Waals surface area contributed by atoms with Crippen LogP contribution in [0, 0.1) is 0 Å². The lowest BCUT2D eigenvalue weighted by Gasteiger charge is -2.18. The largest absolute Gasteiger partial charge is 0.349 e. The second-order valence-electron chi connectivity index (χ2n) is 5.68. The van der Waals surface area contributed by atoms with Gasteiger partial charge in [-0.15, -0.1) is 0 Å². The topological polar surface area (TPSA) is 67.2 Å². The van der Waals surface area contributed by atoms with Crippen molar-refractivity contribution in [1.29, 1.82) is 0 Å². The van der Waals surface area contributed by atoms with Gasteiger partial charge in [0.05, 0.1) is 17.6 Å². The summed E-state index contributed by atoms with van der Waals surface area (Å²) in [7, 11) is 1.82. The van der Waals surface area contributed by atoms with Crippen LogP contribution in [-0.4, -0.2) is 39.9 Å². The molecule has 0 saturated carbocycles. The number of rotatable bonds is 7. The lowest BCUT2D eigenvalue weighted by molar-refractivity contribution is -0.130. The maximum Gasteiger partial charge on any atom is 0.242 e. The number of hydrogen-bond donors (Lipinski definition) is 1. The number of carbonyl (C=O) groups excluding carboxylic acids is 2. The van der Waals surface area contributed by atoms with Crippen molar-refractivity contribution in [2.45, 2.75) is 39.8 Å². The van der Waals surface area contributed by atoms with E-state index in [1.807, 2.05) is 35.9 Å². The molecule has 6 heteroatoms. The number of unbranched alkanes of at least 4 members (excludes halogenated alkanes) is 1. The van der Waals surface area contributed by atoms with Crippen molar-refractivity contribution in [1.82, 2.24) is 19.8 Å². The normalized spacial score (nSPS) is 10.7. The molecule has 2 aromatic rings. The molecular formula is C17H24N4O2. The third kappa shape index (κ3) is 4.31. The molecule has 1 N–H and O–H groups in total. The highest BCUT2D eigenvalue weighted by Gasteiger charge is 2.16. The van der Waals surface area contributed by atoms with Gasteiger partial charge < -0.3 is 14.8 Å². The minimum atomic E-state index is -0.116. The predicted octanol–water partition coefficient (Wildman–Crippen LogP) is 1.93. The number of imidazole rings is 1. The Bertz CT molecular complexity index is 693. The molecule has 0 aliphatic heterocycles. The third-order valence-corrected chi connectivity index (χ3v) is 3.80. The summed E-state index contributed by atoms with van der Waals surface area (Å²) in [5.74, 6) is 0.624. The SMILES string of the molecule is CCCCN(C)C(=O)Cn1c(CNC(C)=O)nc2ccccc21. The molecule has 0 unspecified atom stereocenters. The van der Waals surface area contributed by atoms with Crippen LogP contribution in [0.15, 0.2) is 24.3 Å². The zero-order valence-electron chi connectivity index (χ0n) is 14.0. The van der Waals surface area contributed by atoms with E-state index < -0.39 is 0 Å². The molecule has 0 atom stereocenters. The van der Waals surface area contributed by atoms with Crippen molar-refractivity contribution >= 4 is 22.8 Å². The molecule has 2 rings (SSSR count). The fraction of sp³-hybridized carbons (Fsp3) is 0.471. The summed E-state index contributed by atoms with van der Waals surface area (Å²) in [6.45, 7) is 4.87. The van der Waals surface area contributed by atoms with Crippen molar-refractivity contribution in [3.8, 4) is 0 Å².